The number of benzene rings is 1. The molecule has 20 heavy (non-hydrogen) atoms. The van der Waals surface area contributed by atoms with Crippen molar-refractivity contribution in [2.45, 2.75) is 6.92 Å². The van der Waals surface area contributed by atoms with Crippen LogP contribution in [0.5, 0.6) is 0 Å². The van der Waals surface area contributed by atoms with E-state index >= 15 is 0 Å². The molecule has 0 aliphatic carbocycles. The van der Waals surface area contributed by atoms with Crippen molar-refractivity contribution in [1.82, 2.24) is 4.37 Å². The van der Waals surface area contributed by atoms with E-state index in [0.717, 1.165) is 11.1 Å². The van der Waals surface area contributed by atoms with Crippen LogP contribution in [0.2, 0.25) is 0 Å². The van der Waals surface area contributed by atoms with E-state index in [9.17, 15) is 9.59 Å². The second kappa shape index (κ2) is 5.70. The molecular formula is C13H14N4O2S. The van der Waals surface area contributed by atoms with Gasteiger partial charge in [0.15, 0.2) is 0 Å². The summed E-state index contributed by atoms with van der Waals surface area (Å²) in [4.78, 5) is 22.0. The highest BCUT2D eigenvalue weighted by atomic mass is 32.1. The summed E-state index contributed by atoms with van der Waals surface area (Å²) >= 11 is 1.19. The number of rotatable bonds is 5. The molecule has 0 unspecified atom stereocenters. The van der Waals surface area contributed by atoms with Crippen LogP contribution >= 0.6 is 11.5 Å². The Morgan fingerprint density at radius 2 is 2.20 bits per heavy atom. The van der Waals surface area contributed by atoms with Crippen molar-refractivity contribution in [3.8, 4) is 11.3 Å². The van der Waals surface area contributed by atoms with Crippen molar-refractivity contribution in [2.75, 3.05) is 17.7 Å². The maximum absolute atomic E-state index is 11.6. The number of amides is 2. The Bertz CT molecular complexity index is 666. The van der Waals surface area contributed by atoms with Crippen molar-refractivity contribution >= 4 is 34.5 Å². The first-order valence-corrected chi connectivity index (χ1v) is 6.64. The first-order valence-electron chi connectivity index (χ1n) is 5.87. The second-order valence-electron chi connectivity index (χ2n) is 4.14. The van der Waals surface area contributed by atoms with E-state index in [1.54, 1.807) is 13.1 Å². The Labute approximate surface area is 120 Å². The van der Waals surface area contributed by atoms with Gasteiger partial charge in [0.25, 0.3) is 5.91 Å². The third-order valence-corrected chi connectivity index (χ3v) is 3.74. The summed E-state index contributed by atoms with van der Waals surface area (Å²) in [5.74, 6) is -0.521. The fourth-order valence-electron chi connectivity index (χ4n) is 1.96. The first-order chi connectivity index (χ1) is 9.58. The zero-order valence-corrected chi connectivity index (χ0v) is 11.9. The van der Waals surface area contributed by atoms with Gasteiger partial charge in [0.05, 0.1) is 5.69 Å². The summed E-state index contributed by atoms with van der Waals surface area (Å²) in [5.41, 5.74) is 8.77. The molecule has 1 aromatic heterocycles. The van der Waals surface area contributed by atoms with Crippen LogP contribution in [0.1, 0.15) is 15.9 Å². The van der Waals surface area contributed by atoms with Gasteiger partial charge >= 0.3 is 0 Å². The number of anilines is 2. The number of hydrogen-bond donors (Lipinski definition) is 3. The lowest BCUT2D eigenvalue weighted by Crippen LogP contribution is -2.13. The molecular weight excluding hydrogens is 276 g/mol. The van der Waals surface area contributed by atoms with E-state index in [1.165, 1.54) is 11.5 Å². The second-order valence-corrected chi connectivity index (χ2v) is 4.91. The number of hydrogen-bond acceptors (Lipinski definition) is 5. The van der Waals surface area contributed by atoms with Gasteiger partial charge in [-0.1, -0.05) is 6.07 Å². The van der Waals surface area contributed by atoms with Crippen LogP contribution in [0.3, 0.4) is 0 Å². The normalized spacial score (nSPS) is 10.1. The van der Waals surface area contributed by atoms with Gasteiger partial charge in [0.2, 0.25) is 6.41 Å². The van der Waals surface area contributed by atoms with Gasteiger partial charge in [-0.15, -0.1) is 0 Å². The molecule has 6 nitrogen and oxygen atoms in total. The fourth-order valence-corrected chi connectivity index (χ4v) is 2.71. The van der Waals surface area contributed by atoms with Gasteiger partial charge < -0.3 is 16.4 Å². The third kappa shape index (κ3) is 2.48. The summed E-state index contributed by atoms with van der Waals surface area (Å²) in [6.45, 7) is 1.88. The minimum Gasteiger partial charge on any atom is -0.378 e. The molecule has 0 aliphatic rings. The third-order valence-electron chi connectivity index (χ3n) is 2.87. The van der Waals surface area contributed by atoms with E-state index in [2.05, 4.69) is 15.0 Å². The molecule has 0 radical (unpaired) electrons. The number of nitrogens with one attached hydrogen (secondary N) is 2. The highest BCUT2D eigenvalue weighted by Gasteiger charge is 2.20. The molecule has 7 heteroatoms. The van der Waals surface area contributed by atoms with Crippen LogP contribution in [0.15, 0.2) is 18.2 Å². The van der Waals surface area contributed by atoms with E-state index in [4.69, 9.17) is 5.73 Å². The Morgan fingerprint density at radius 3 is 2.75 bits per heavy atom. The van der Waals surface area contributed by atoms with Gasteiger partial charge in [-0.2, -0.15) is 4.37 Å². The van der Waals surface area contributed by atoms with E-state index < -0.39 is 5.91 Å². The van der Waals surface area contributed by atoms with Crippen LogP contribution < -0.4 is 16.4 Å². The predicted octanol–water partition coefficient (Wildman–Crippen LogP) is 1.83. The standard InChI is InChI=1S/C13H14N4O2S/c1-7-5-8(16-6-18)3-4-9(7)11-10(12(14)19)13(15-2)20-17-11/h3-6,15H,1-2H3,(H2,14,19)(H,16,18). The molecule has 2 rings (SSSR count). The summed E-state index contributed by atoms with van der Waals surface area (Å²) in [7, 11) is 1.72. The maximum atomic E-state index is 11.6. The van der Waals surface area contributed by atoms with Crippen LogP contribution in [0, 0.1) is 6.92 Å². The topological polar surface area (TPSA) is 97.1 Å². The number of carbonyl (C=O) groups excluding carboxylic acids is 2. The Balaban J connectivity index is 2.54. The zero-order chi connectivity index (χ0) is 14.7. The zero-order valence-electron chi connectivity index (χ0n) is 11.1. The van der Waals surface area contributed by atoms with Crippen LogP contribution in [-0.4, -0.2) is 23.7 Å². The van der Waals surface area contributed by atoms with Crippen LogP contribution in [0.4, 0.5) is 10.7 Å². The number of aromatic nitrogens is 1. The van der Waals surface area contributed by atoms with Crippen molar-refractivity contribution in [3.63, 3.8) is 0 Å². The van der Waals surface area contributed by atoms with Gasteiger partial charge in [0.1, 0.15) is 10.6 Å². The van der Waals surface area contributed by atoms with Crippen LogP contribution in [-0.2, 0) is 4.79 Å². The number of nitrogens with zero attached hydrogens (tertiary/aromatic N) is 1. The highest BCUT2D eigenvalue weighted by Crippen LogP contribution is 2.34. The molecule has 0 saturated heterocycles. The van der Waals surface area contributed by atoms with Crippen molar-refractivity contribution in [2.24, 2.45) is 5.73 Å². The number of primary amides is 1. The molecule has 0 saturated carbocycles. The first kappa shape index (κ1) is 14.0. The summed E-state index contributed by atoms with van der Waals surface area (Å²) < 4.78 is 4.30. The summed E-state index contributed by atoms with van der Waals surface area (Å²) in [5, 5.41) is 6.13. The average Bonchev–Trinajstić information content (AvgIpc) is 2.83. The summed E-state index contributed by atoms with van der Waals surface area (Å²) in [6, 6.07) is 5.37. The quantitative estimate of drug-likeness (QED) is 0.732. The molecule has 0 fully saturated rings. The average molecular weight is 290 g/mol. The van der Waals surface area contributed by atoms with E-state index in [-0.39, 0.29) is 0 Å². The van der Waals surface area contributed by atoms with Crippen molar-refractivity contribution in [1.29, 1.82) is 0 Å². The van der Waals surface area contributed by atoms with Crippen molar-refractivity contribution in [3.05, 3.63) is 29.3 Å². The predicted molar refractivity (Wildman–Crippen MR) is 80.0 cm³/mol. The smallest absolute Gasteiger partial charge is 0.253 e. The molecule has 2 aromatic rings. The molecule has 0 aliphatic heterocycles. The SMILES string of the molecule is CNc1snc(-c2ccc(NC=O)cc2C)c1C(N)=O. The Hall–Kier alpha value is -2.41. The molecule has 0 bridgehead atoms. The van der Waals surface area contributed by atoms with Gasteiger partial charge in [-0.05, 0) is 36.2 Å². The minimum absolute atomic E-state index is 0.386. The molecule has 0 spiro atoms. The molecule has 2 amide bonds. The number of nitrogens with two attached hydrogens (primary N) is 1. The molecule has 1 aromatic carbocycles. The van der Waals surface area contributed by atoms with Gasteiger partial charge in [0, 0.05) is 18.3 Å². The van der Waals surface area contributed by atoms with Crippen molar-refractivity contribution < 1.29 is 9.59 Å². The monoisotopic (exact) mass is 290 g/mol. The lowest BCUT2D eigenvalue weighted by atomic mass is 10.0. The number of carbonyl (C=O) groups is 2. The van der Waals surface area contributed by atoms with E-state index in [1.807, 2.05) is 19.1 Å². The van der Waals surface area contributed by atoms with Crippen LogP contribution in [0.25, 0.3) is 11.3 Å². The van der Waals surface area contributed by atoms with E-state index in [0.29, 0.717) is 28.4 Å². The maximum Gasteiger partial charge on any atom is 0.253 e. The molecule has 104 valence electrons. The van der Waals surface area contributed by atoms with Gasteiger partial charge in [-0.25, -0.2) is 0 Å². The minimum atomic E-state index is -0.521. The molecule has 1 heterocycles. The molecule has 4 N–H and O–H groups in total. The summed E-state index contributed by atoms with van der Waals surface area (Å²) in [6.07, 6.45) is 0.616. The lowest BCUT2D eigenvalue weighted by Gasteiger charge is -2.07. The van der Waals surface area contributed by atoms with Gasteiger partial charge in [-0.3, -0.25) is 9.59 Å². The largest absolute Gasteiger partial charge is 0.378 e. The fraction of sp³-hybridized carbons (Fsp3) is 0.154. The highest BCUT2D eigenvalue weighted by molar-refractivity contribution is 7.11. The Kier molecular flexibility index (Phi) is 3.99. The lowest BCUT2D eigenvalue weighted by molar-refractivity contribution is -0.105. The Morgan fingerprint density at radius 1 is 1.45 bits per heavy atom. The molecule has 0 atom stereocenters. The number of aryl methyl sites for hydroxylation is 1.